The lowest BCUT2D eigenvalue weighted by atomic mass is 9.74. The van der Waals surface area contributed by atoms with Crippen LogP contribution in [0.1, 0.15) is 103 Å². The summed E-state index contributed by atoms with van der Waals surface area (Å²) in [5.41, 5.74) is 0. The number of hydrogen-bond acceptors (Lipinski definition) is 1. The van der Waals surface area contributed by atoms with Gasteiger partial charge in [-0.15, -0.1) is 0 Å². The van der Waals surface area contributed by atoms with Gasteiger partial charge in [-0.05, 0) is 36.5 Å². The third-order valence-electron chi connectivity index (χ3n) is 6.82. The van der Waals surface area contributed by atoms with Crippen molar-refractivity contribution >= 4 is 0 Å². The van der Waals surface area contributed by atoms with Gasteiger partial charge in [-0.2, -0.15) is 5.26 Å². The number of nitrogens with zero attached hydrogens (tertiary/aromatic N) is 1. The predicted molar refractivity (Wildman–Crippen MR) is 104 cm³/mol. The van der Waals surface area contributed by atoms with Gasteiger partial charge in [0.25, 0.3) is 0 Å². The summed E-state index contributed by atoms with van der Waals surface area (Å²) >= 11 is 0. The van der Waals surface area contributed by atoms with Crippen molar-refractivity contribution in [1.82, 2.24) is 0 Å². The van der Waals surface area contributed by atoms with Crippen molar-refractivity contribution in [1.29, 1.82) is 5.26 Å². The molecule has 0 radical (unpaired) electrons. The van der Waals surface area contributed by atoms with Crippen molar-refractivity contribution in [2.75, 3.05) is 0 Å². The minimum absolute atomic E-state index is 0.929. The summed E-state index contributed by atoms with van der Waals surface area (Å²) in [7, 11) is 0. The predicted octanol–water partition coefficient (Wildman–Crippen LogP) is 7.43. The summed E-state index contributed by atoms with van der Waals surface area (Å²) in [4.78, 5) is 0. The van der Waals surface area contributed by atoms with E-state index in [0.717, 1.165) is 30.1 Å². The topological polar surface area (TPSA) is 23.8 Å². The van der Waals surface area contributed by atoms with Gasteiger partial charge in [-0.25, -0.2) is 0 Å². The molecule has 1 heteroatoms. The molecule has 2 aliphatic rings. The molecular formula is C23H39N. The minimum atomic E-state index is 0.929. The molecule has 0 heterocycles. The van der Waals surface area contributed by atoms with Crippen LogP contribution < -0.4 is 0 Å². The molecule has 0 unspecified atom stereocenters. The molecule has 136 valence electrons. The van der Waals surface area contributed by atoms with Crippen molar-refractivity contribution in [3.63, 3.8) is 0 Å². The van der Waals surface area contributed by atoms with Crippen LogP contribution in [0.15, 0.2) is 12.2 Å². The average molecular weight is 330 g/mol. The van der Waals surface area contributed by atoms with Crippen LogP contribution in [0.2, 0.25) is 0 Å². The summed E-state index contributed by atoms with van der Waals surface area (Å²) < 4.78 is 0. The summed E-state index contributed by atoms with van der Waals surface area (Å²) in [6, 6.07) is 2.09. The normalized spacial score (nSPS) is 31.2. The second kappa shape index (κ2) is 11.7. The number of hydrogen-bond donors (Lipinski definition) is 0. The van der Waals surface area contributed by atoms with E-state index in [1.165, 1.54) is 89.9 Å². The van der Waals surface area contributed by atoms with E-state index >= 15 is 0 Å². The summed E-state index contributed by atoms with van der Waals surface area (Å²) in [6.07, 6.45) is 25.3. The largest absolute Gasteiger partial charge is 0.193 e. The third-order valence-corrected chi connectivity index (χ3v) is 6.82. The summed E-state index contributed by atoms with van der Waals surface area (Å²) in [5, 5.41) is 8.52. The van der Waals surface area contributed by atoms with Gasteiger partial charge in [0.1, 0.15) is 0 Å². The molecule has 0 aromatic carbocycles. The van der Waals surface area contributed by atoms with E-state index in [2.05, 4.69) is 13.0 Å². The Morgan fingerprint density at radius 2 is 1.21 bits per heavy atom. The fraction of sp³-hybridized carbons (Fsp3) is 0.870. The second-order valence-electron chi connectivity index (χ2n) is 8.60. The van der Waals surface area contributed by atoms with Crippen molar-refractivity contribution < 1.29 is 0 Å². The van der Waals surface area contributed by atoms with E-state index in [4.69, 9.17) is 5.26 Å². The molecule has 0 aromatic heterocycles. The molecule has 0 aromatic rings. The molecule has 2 saturated carbocycles. The van der Waals surface area contributed by atoms with Gasteiger partial charge in [-0.3, -0.25) is 0 Å². The average Bonchev–Trinajstić information content (AvgIpc) is 2.64. The Morgan fingerprint density at radius 3 is 1.67 bits per heavy atom. The number of rotatable bonds is 9. The van der Waals surface area contributed by atoms with Gasteiger partial charge in [0.2, 0.25) is 0 Å². The standard InChI is InChI=1S/C23H39N/c1-2-3-7-20-9-13-22(14-10-20)17-18-23-15-11-21(12-16-23)8-5-4-6-19-24/h4,6,20-23H,2-3,5,7-18H2,1H3. The molecule has 2 rings (SSSR count). The first-order chi connectivity index (χ1) is 11.8. The highest BCUT2D eigenvalue weighted by molar-refractivity contribution is 5.01. The maximum atomic E-state index is 8.52. The third kappa shape index (κ3) is 7.42. The number of nitriles is 1. The molecule has 0 saturated heterocycles. The smallest absolute Gasteiger partial charge is 0.0908 e. The van der Waals surface area contributed by atoms with Crippen LogP contribution in [-0.2, 0) is 0 Å². The lowest BCUT2D eigenvalue weighted by molar-refractivity contribution is 0.209. The van der Waals surface area contributed by atoms with Crippen LogP contribution in [0.25, 0.3) is 0 Å². The first-order valence-corrected chi connectivity index (χ1v) is 10.9. The highest BCUT2D eigenvalue weighted by atomic mass is 14.3. The molecule has 2 fully saturated rings. The first-order valence-electron chi connectivity index (χ1n) is 10.9. The number of allylic oxidation sites excluding steroid dienone is 2. The van der Waals surface area contributed by atoms with E-state index in [-0.39, 0.29) is 0 Å². The molecule has 0 bridgehead atoms. The Balaban J connectivity index is 1.52. The van der Waals surface area contributed by atoms with Crippen LogP contribution in [0.3, 0.4) is 0 Å². The fourth-order valence-electron chi connectivity index (χ4n) is 5.05. The monoisotopic (exact) mass is 329 g/mol. The van der Waals surface area contributed by atoms with Gasteiger partial charge in [0.15, 0.2) is 0 Å². The van der Waals surface area contributed by atoms with Crippen molar-refractivity contribution in [2.45, 2.75) is 103 Å². The van der Waals surface area contributed by atoms with Crippen molar-refractivity contribution in [2.24, 2.45) is 23.7 Å². The molecule has 0 aliphatic heterocycles. The molecule has 1 nitrogen and oxygen atoms in total. The Hall–Kier alpha value is -0.770. The second-order valence-corrected chi connectivity index (χ2v) is 8.60. The molecule has 0 atom stereocenters. The quantitative estimate of drug-likeness (QED) is 0.403. The fourth-order valence-corrected chi connectivity index (χ4v) is 5.05. The van der Waals surface area contributed by atoms with Crippen molar-refractivity contribution in [3.05, 3.63) is 12.2 Å². The van der Waals surface area contributed by atoms with Gasteiger partial charge in [0, 0.05) is 6.08 Å². The molecule has 24 heavy (non-hydrogen) atoms. The van der Waals surface area contributed by atoms with E-state index in [9.17, 15) is 0 Å². The first kappa shape index (κ1) is 19.6. The van der Waals surface area contributed by atoms with Gasteiger partial charge < -0.3 is 0 Å². The van der Waals surface area contributed by atoms with E-state index in [1.807, 2.05) is 6.08 Å². The van der Waals surface area contributed by atoms with Gasteiger partial charge >= 0.3 is 0 Å². The lowest BCUT2D eigenvalue weighted by Gasteiger charge is -2.32. The zero-order chi connectivity index (χ0) is 17.0. The molecule has 0 amide bonds. The van der Waals surface area contributed by atoms with E-state index in [0.29, 0.717) is 0 Å². The van der Waals surface area contributed by atoms with Gasteiger partial charge in [-0.1, -0.05) is 96.5 Å². The van der Waals surface area contributed by atoms with Crippen LogP contribution in [-0.4, -0.2) is 0 Å². The Bertz CT molecular complexity index is 375. The van der Waals surface area contributed by atoms with Gasteiger partial charge in [0.05, 0.1) is 6.07 Å². The molecule has 2 aliphatic carbocycles. The maximum absolute atomic E-state index is 8.52. The zero-order valence-corrected chi connectivity index (χ0v) is 16.0. The van der Waals surface area contributed by atoms with Crippen LogP contribution in [0, 0.1) is 35.0 Å². The van der Waals surface area contributed by atoms with E-state index < -0.39 is 0 Å². The summed E-state index contributed by atoms with van der Waals surface area (Å²) in [6.45, 7) is 2.32. The van der Waals surface area contributed by atoms with E-state index in [1.54, 1.807) is 6.08 Å². The lowest BCUT2D eigenvalue weighted by Crippen LogP contribution is -2.18. The SMILES string of the molecule is CCCCC1CCC(CCC2CCC(CCC=CC#N)CC2)CC1. The Labute approximate surface area is 150 Å². The maximum Gasteiger partial charge on any atom is 0.0908 e. The van der Waals surface area contributed by atoms with Crippen LogP contribution in [0.5, 0.6) is 0 Å². The Kier molecular flexibility index (Phi) is 9.55. The minimum Gasteiger partial charge on any atom is -0.193 e. The van der Waals surface area contributed by atoms with Crippen molar-refractivity contribution in [3.8, 4) is 6.07 Å². The van der Waals surface area contributed by atoms with Crippen LogP contribution >= 0.6 is 0 Å². The molecular weight excluding hydrogens is 290 g/mol. The van der Waals surface area contributed by atoms with Crippen LogP contribution in [0.4, 0.5) is 0 Å². The Morgan fingerprint density at radius 1 is 0.750 bits per heavy atom. The molecule has 0 spiro atoms. The highest BCUT2D eigenvalue weighted by Gasteiger charge is 2.24. The number of unbranched alkanes of at least 4 members (excludes halogenated alkanes) is 1. The molecule has 0 N–H and O–H groups in total. The zero-order valence-electron chi connectivity index (χ0n) is 16.0. The highest BCUT2D eigenvalue weighted by Crippen LogP contribution is 2.38. The summed E-state index contributed by atoms with van der Waals surface area (Å²) in [5.74, 6) is 4.07.